The molecule has 0 aromatic heterocycles. The van der Waals surface area contributed by atoms with Crippen LogP contribution in [0.5, 0.6) is 11.5 Å². The highest BCUT2D eigenvalue weighted by atomic mass is 16.5. The van der Waals surface area contributed by atoms with Crippen LogP contribution in [-0.2, 0) is 14.4 Å². The molecule has 0 spiro atoms. The fourth-order valence-electron chi connectivity index (χ4n) is 4.20. The lowest BCUT2D eigenvalue weighted by molar-refractivity contribution is -0.129. The van der Waals surface area contributed by atoms with Gasteiger partial charge in [-0.15, -0.1) is 0 Å². The Morgan fingerprint density at radius 3 is 2.13 bits per heavy atom. The maximum absolute atomic E-state index is 13.1. The molecule has 160 valence electrons. The number of methoxy groups -OCH3 is 2. The summed E-state index contributed by atoms with van der Waals surface area (Å²) < 4.78 is 10.3. The molecule has 2 N–H and O–H groups in total. The van der Waals surface area contributed by atoms with Crippen molar-refractivity contribution in [2.45, 2.75) is 25.2 Å². The van der Waals surface area contributed by atoms with Crippen LogP contribution >= 0.6 is 0 Å². The van der Waals surface area contributed by atoms with E-state index in [-0.39, 0.29) is 29.9 Å². The lowest BCUT2D eigenvalue weighted by Gasteiger charge is -2.33. The molecule has 4 rings (SSSR count). The van der Waals surface area contributed by atoms with Crippen molar-refractivity contribution in [3.63, 3.8) is 0 Å². The highest BCUT2D eigenvalue weighted by molar-refractivity contribution is 6.09. The Labute approximate surface area is 180 Å². The van der Waals surface area contributed by atoms with Crippen molar-refractivity contribution < 1.29 is 23.9 Å². The van der Waals surface area contributed by atoms with Gasteiger partial charge in [-0.3, -0.25) is 14.4 Å². The summed E-state index contributed by atoms with van der Waals surface area (Å²) in [5, 5.41) is 5.65. The zero-order chi connectivity index (χ0) is 22.0. The molecule has 2 amide bonds. The Kier molecular flexibility index (Phi) is 5.75. The first kappa shape index (κ1) is 20.7. The van der Waals surface area contributed by atoms with Crippen LogP contribution in [0.15, 0.2) is 59.8 Å². The zero-order valence-electron chi connectivity index (χ0n) is 17.4. The predicted molar refractivity (Wildman–Crippen MR) is 115 cm³/mol. The summed E-state index contributed by atoms with van der Waals surface area (Å²) in [7, 11) is 3.17. The van der Waals surface area contributed by atoms with E-state index in [1.807, 2.05) is 24.3 Å². The molecule has 2 aliphatic rings. The first-order chi connectivity index (χ1) is 15.0. The van der Waals surface area contributed by atoms with Gasteiger partial charge in [0, 0.05) is 29.8 Å². The van der Waals surface area contributed by atoms with Gasteiger partial charge < -0.3 is 20.1 Å². The standard InChI is InChI=1S/C24H24N2O5/c1-30-17-7-3-14(4-8-17)15-11-20-23(21(27)12-15)19(13-22(28)26-20)24(29)25-16-5-9-18(31-2)10-6-16/h3-10,15,19H,11-13H2,1-2H3,(H,25,29)(H,26,28). The molecule has 0 saturated carbocycles. The molecular weight excluding hydrogens is 396 g/mol. The molecule has 1 aliphatic heterocycles. The van der Waals surface area contributed by atoms with E-state index in [0.29, 0.717) is 35.5 Å². The predicted octanol–water partition coefficient (Wildman–Crippen LogP) is 3.18. The number of carbonyl (C=O) groups is 3. The number of Topliss-reactive ketones (excluding diaryl/α,β-unsaturated/α-hetero) is 1. The topological polar surface area (TPSA) is 93.7 Å². The van der Waals surface area contributed by atoms with E-state index in [2.05, 4.69) is 10.6 Å². The van der Waals surface area contributed by atoms with Crippen molar-refractivity contribution in [3.8, 4) is 11.5 Å². The van der Waals surface area contributed by atoms with Crippen molar-refractivity contribution in [3.05, 3.63) is 65.4 Å². The van der Waals surface area contributed by atoms with Crippen LogP contribution in [0, 0.1) is 5.92 Å². The molecule has 1 heterocycles. The fourth-order valence-corrected chi connectivity index (χ4v) is 4.20. The van der Waals surface area contributed by atoms with Gasteiger partial charge in [0.1, 0.15) is 11.5 Å². The van der Waals surface area contributed by atoms with Crippen LogP contribution in [0.25, 0.3) is 0 Å². The van der Waals surface area contributed by atoms with E-state index < -0.39 is 5.92 Å². The van der Waals surface area contributed by atoms with Gasteiger partial charge in [0.05, 0.1) is 20.1 Å². The summed E-state index contributed by atoms with van der Waals surface area (Å²) in [6.45, 7) is 0. The average Bonchev–Trinajstić information content (AvgIpc) is 2.78. The second kappa shape index (κ2) is 8.63. The second-order valence-electron chi connectivity index (χ2n) is 7.72. The number of benzene rings is 2. The monoisotopic (exact) mass is 420 g/mol. The van der Waals surface area contributed by atoms with Gasteiger partial charge in [-0.1, -0.05) is 12.1 Å². The highest BCUT2D eigenvalue weighted by Gasteiger charge is 2.40. The number of ether oxygens (including phenoxy) is 2. The van der Waals surface area contributed by atoms with Crippen LogP contribution < -0.4 is 20.1 Å². The number of nitrogens with one attached hydrogen (secondary N) is 2. The number of allylic oxidation sites excluding steroid dienone is 1. The molecule has 2 aromatic rings. The molecule has 0 bridgehead atoms. The SMILES string of the molecule is COc1ccc(NC(=O)C2CC(=O)NC3=C2C(=O)CC(c2ccc(OC)cc2)C3)cc1. The van der Waals surface area contributed by atoms with Crippen LogP contribution in [-0.4, -0.2) is 31.8 Å². The summed E-state index contributed by atoms with van der Waals surface area (Å²) in [5.41, 5.74) is 2.57. The van der Waals surface area contributed by atoms with E-state index >= 15 is 0 Å². The number of ketones is 1. The molecule has 7 nitrogen and oxygen atoms in total. The van der Waals surface area contributed by atoms with Crippen molar-refractivity contribution in [1.82, 2.24) is 5.32 Å². The lowest BCUT2D eigenvalue weighted by Crippen LogP contribution is -2.43. The molecule has 7 heteroatoms. The van der Waals surface area contributed by atoms with Gasteiger partial charge in [0.2, 0.25) is 11.8 Å². The van der Waals surface area contributed by atoms with E-state index in [1.165, 1.54) is 0 Å². The summed E-state index contributed by atoms with van der Waals surface area (Å²) in [6, 6.07) is 14.5. The van der Waals surface area contributed by atoms with Crippen molar-refractivity contribution in [1.29, 1.82) is 0 Å². The number of hydrogen-bond donors (Lipinski definition) is 2. The van der Waals surface area contributed by atoms with Gasteiger partial charge in [0.15, 0.2) is 5.78 Å². The Morgan fingerprint density at radius 2 is 1.52 bits per heavy atom. The minimum atomic E-state index is -0.796. The Hall–Kier alpha value is -3.61. The third kappa shape index (κ3) is 4.30. The van der Waals surface area contributed by atoms with Gasteiger partial charge >= 0.3 is 0 Å². The van der Waals surface area contributed by atoms with E-state index in [0.717, 1.165) is 11.3 Å². The molecule has 2 aromatic carbocycles. The Balaban J connectivity index is 1.56. The Morgan fingerprint density at radius 1 is 0.903 bits per heavy atom. The van der Waals surface area contributed by atoms with E-state index in [9.17, 15) is 14.4 Å². The number of carbonyl (C=O) groups excluding carboxylic acids is 3. The molecule has 0 radical (unpaired) electrons. The number of anilines is 1. The summed E-state index contributed by atoms with van der Waals surface area (Å²) in [5.74, 6) is -0.146. The molecular formula is C24H24N2O5. The van der Waals surface area contributed by atoms with Crippen LogP contribution in [0.2, 0.25) is 0 Å². The van der Waals surface area contributed by atoms with Crippen LogP contribution in [0.3, 0.4) is 0 Å². The van der Waals surface area contributed by atoms with Crippen molar-refractivity contribution in [2.24, 2.45) is 5.92 Å². The maximum Gasteiger partial charge on any atom is 0.232 e. The normalized spacial score (nSPS) is 20.6. The smallest absolute Gasteiger partial charge is 0.232 e. The first-order valence-corrected chi connectivity index (χ1v) is 10.1. The quantitative estimate of drug-likeness (QED) is 0.775. The summed E-state index contributed by atoms with van der Waals surface area (Å²) >= 11 is 0. The van der Waals surface area contributed by atoms with E-state index in [1.54, 1.807) is 38.5 Å². The summed E-state index contributed by atoms with van der Waals surface area (Å²) in [4.78, 5) is 38.4. The third-order valence-electron chi connectivity index (χ3n) is 5.80. The third-order valence-corrected chi connectivity index (χ3v) is 5.80. The zero-order valence-corrected chi connectivity index (χ0v) is 17.4. The number of rotatable bonds is 5. The first-order valence-electron chi connectivity index (χ1n) is 10.1. The number of amides is 2. The van der Waals surface area contributed by atoms with Gasteiger partial charge in [0.25, 0.3) is 0 Å². The fraction of sp³-hybridized carbons (Fsp3) is 0.292. The van der Waals surface area contributed by atoms with Crippen LogP contribution in [0.1, 0.15) is 30.7 Å². The van der Waals surface area contributed by atoms with Crippen molar-refractivity contribution >= 4 is 23.3 Å². The molecule has 31 heavy (non-hydrogen) atoms. The molecule has 1 aliphatic carbocycles. The van der Waals surface area contributed by atoms with Crippen LogP contribution in [0.4, 0.5) is 5.69 Å². The largest absolute Gasteiger partial charge is 0.497 e. The average molecular weight is 420 g/mol. The minimum Gasteiger partial charge on any atom is -0.497 e. The molecule has 2 atom stereocenters. The van der Waals surface area contributed by atoms with Gasteiger partial charge in [-0.25, -0.2) is 0 Å². The lowest BCUT2D eigenvalue weighted by atomic mass is 9.75. The molecule has 2 unspecified atom stereocenters. The van der Waals surface area contributed by atoms with Gasteiger partial charge in [-0.2, -0.15) is 0 Å². The summed E-state index contributed by atoms with van der Waals surface area (Å²) in [6.07, 6.45) is 0.762. The molecule has 0 fully saturated rings. The maximum atomic E-state index is 13.1. The number of hydrogen-bond acceptors (Lipinski definition) is 5. The molecule has 0 saturated heterocycles. The van der Waals surface area contributed by atoms with Crippen molar-refractivity contribution in [2.75, 3.05) is 19.5 Å². The Bertz CT molecular complexity index is 1040. The highest BCUT2D eigenvalue weighted by Crippen LogP contribution is 2.39. The van der Waals surface area contributed by atoms with E-state index in [4.69, 9.17) is 9.47 Å². The minimum absolute atomic E-state index is 0.0419. The second-order valence-corrected chi connectivity index (χ2v) is 7.72. The van der Waals surface area contributed by atoms with Gasteiger partial charge in [-0.05, 0) is 54.3 Å².